The molecule has 1 saturated carbocycles. The first-order chi connectivity index (χ1) is 7.76. The Kier molecular flexibility index (Phi) is 3.12. The fourth-order valence-corrected chi connectivity index (χ4v) is 1.98. The van der Waals surface area contributed by atoms with Crippen molar-refractivity contribution in [3.8, 4) is 5.75 Å². The molecule has 0 aromatic carbocycles. The summed E-state index contributed by atoms with van der Waals surface area (Å²) in [6, 6.07) is 0.517. The number of nitrogen functional groups attached to an aromatic ring is 1. The summed E-state index contributed by atoms with van der Waals surface area (Å²) < 4.78 is 5.19. The molecule has 0 bridgehead atoms. The Bertz CT molecular complexity index is 369. The highest BCUT2D eigenvalue weighted by Gasteiger charge is 2.36. The summed E-state index contributed by atoms with van der Waals surface area (Å²) in [5.41, 5.74) is 5.71. The summed E-state index contributed by atoms with van der Waals surface area (Å²) in [6.45, 7) is 2.21. The number of ether oxygens (including phenoxy) is 1. The van der Waals surface area contributed by atoms with Crippen LogP contribution in [-0.2, 0) is 0 Å². The van der Waals surface area contributed by atoms with E-state index in [1.807, 2.05) is 0 Å². The van der Waals surface area contributed by atoms with Crippen LogP contribution < -0.4 is 15.8 Å². The lowest BCUT2D eigenvalue weighted by Crippen LogP contribution is -2.09. The van der Waals surface area contributed by atoms with Crippen molar-refractivity contribution in [3.63, 3.8) is 0 Å². The Morgan fingerprint density at radius 2 is 2.38 bits per heavy atom. The lowest BCUT2D eigenvalue weighted by Gasteiger charge is -2.10. The molecule has 5 heteroatoms. The van der Waals surface area contributed by atoms with Crippen molar-refractivity contribution < 1.29 is 4.74 Å². The lowest BCUT2D eigenvalue weighted by atomic mass is 10.2. The number of anilines is 2. The molecule has 1 aliphatic rings. The zero-order valence-electron chi connectivity index (χ0n) is 9.73. The summed E-state index contributed by atoms with van der Waals surface area (Å²) in [5, 5.41) is 3.36. The number of nitrogens with two attached hydrogens (primary N) is 1. The minimum Gasteiger partial charge on any atom is -0.490 e. The maximum absolute atomic E-state index is 5.71. The third-order valence-electron chi connectivity index (χ3n) is 2.94. The predicted octanol–water partition coefficient (Wildman–Crippen LogP) is 1.67. The van der Waals surface area contributed by atoms with E-state index in [1.165, 1.54) is 25.6 Å². The van der Waals surface area contributed by atoms with Crippen LogP contribution in [0.1, 0.15) is 26.2 Å². The van der Waals surface area contributed by atoms with Crippen LogP contribution >= 0.6 is 0 Å². The maximum Gasteiger partial charge on any atom is 0.203 e. The molecule has 2 unspecified atom stereocenters. The molecule has 5 nitrogen and oxygen atoms in total. The van der Waals surface area contributed by atoms with Crippen LogP contribution in [0, 0.1) is 5.92 Å². The van der Waals surface area contributed by atoms with Gasteiger partial charge < -0.3 is 15.8 Å². The largest absolute Gasteiger partial charge is 0.490 e. The fraction of sp³-hybridized carbons (Fsp3) is 0.636. The summed E-state index contributed by atoms with van der Waals surface area (Å²) in [5.74, 6) is 2.40. The molecule has 88 valence electrons. The third-order valence-corrected chi connectivity index (χ3v) is 2.94. The van der Waals surface area contributed by atoms with Gasteiger partial charge in [0.15, 0.2) is 11.6 Å². The molecule has 0 saturated heterocycles. The molecule has 0 radical (unpaired) electrons. The van der Waals surface area contributed by atoms with Gasteiger partial charge in [-0.3, -0.25) is 0 Å². The van der Waals surface area contributed by atoms with Gasteiger partial charge in [0.05, 0.1) is 7.11 Å². The number of rotatable bonds is 5. The molecule has 2 rings (SSSR count). The smallest absolute Gasteiger partial charge is 0.203 e. The van der Waals surface area contributed by atoms with Crippen molar-refractivity contribution in [1.29, 1.82) is 0 Å². The van der Waals surface area contributed by atoms with Gasteiger partial charge in [-0.25, -0.2) is 9.97 Å². The van der Waals surface area contributed by atoms with Gasteiger partial charge in [-0.05, 0) is 18.8 Å². The van der Waals surface area contributed by atoms with Gasteiger partial charge in [0.25, 0.3) is 0 Å². The van der Waals surface area contributed by atoms with Gasteiger partial charge in [0.1, 0.15) is 6.33 Å². The Morgan fingerprint density at radius 1 is 1.56 bits per heavy atom. The van der Waals surface area contributed by atoms with Crippen molar-refractivity contribution >= 4 is 11.6 Å². The molecule has 1 aromatic rings. The number of hydrogen-bond donors (Lipinski definition) is 2. The van der Waals surface area contributed by atoms with Gasteiger partial charge in [0, 0.05) is 6.04 Å². The zero-order chi connectivity index (χ0) is 11.5. The molecule has 1 fully saturated rings. The highest BCUT2D eigenvalue weighted by Crippen LogP contribution is 2.39. The minimum atomic E-state index is 0.382. The first-order valence-corrected chi connectivity index (χ1v) is 5.67. The topological polar surface area (TPSA) is 73.1 Å². The highest BCUT2D eigenvalue weighted by atomic mass is 16.5. The van der Waals surface area contributed by atoms with Crippen molar-refractivity contribution in [2.75, 3.05) is 18.2 Å². The SMILES string of the molecule is CCCC1CC1Nc1ncnc(N)c1OC. The van der Waals surface area contributed by atoms with E-state index in [9.17, 15) is 0 Å². The lowest BCUT2D eigenvalue weighted by molar-refractivity contribution is 0.415. The van der Waals surface area contributed by atoms with Crippen LogP contribution in [0.2, 0.25) is 0 Å². The van der Waals surface area contributed by atoms with Gasteiger partial charge in [-0.15, -0.1) is 0 Å². The molecule has 1 aromatic heterocycles. The molecule has 1 heterocycles. The van der Waals surface area contributed by atoms with Gasteiger partial charge in [0.2, 0.25) is 5.75 Å². The second-order valence-corrected chi connectivity index (χ2v) is 4.18. The first-order valence-electron chi connectivity index (χ1n) is 5.67. The van der Waals surface area contributed by atoms with Crippen molar-refractivity contribution in [3.05, 3.63) is 6.33 Å². The molecule has 0 aliphatic heterocycles. The Labute approximate surface area is 95.4 Å². The Hall–Kier alpha value is -1.52. The second-order valence-electron chi connectivity index (χ2n) is 4.18. The predicted molar refractivity (Wildman–Crippen MR) is 63.4 cm³/mol. The summed E-state index contributed by atoms with van der Waals surface area (Å²) in [7, 11) is 1.58. The molecule has 16 heavy (non-hydrogen) atoms. The van der Waals surface area contributed by atoms with E-state index >= 15 is 0 Å². The van der Waals surface area contributed by atoms with Gasteiger partial charge >= 0.3 is 0 Å². The van der Waals surface area contributed by atoms with Crippen molar-refractivity contribution in [1.82, 2.24) is 9.97 Å². The van der Waals surface area contributed by atoms with E-state index in [2.05, 4.69) is 22.2 Å². The summed E-state index contributed by atoms with van der Waals surface area (Å²) in [6.07, 6.45) is 5.16. The molecule has 0 spiro atoms. The van der Waals surface area contributed by atoms with Crippen LogP contribution in [0.25, 0.3) is 0 Å². The normalized spacial score (nSPS) is 22.9. The van der Waals surface area contributed by atoms with E-state index in [-0.39, 0.29) is 0 Å². The molecule has 3 N–H and O–H groups in total. The quantitative estimate of drug-likeness (QED) is 0.792. The minimum absolute atomic E-state index is 0.382. The third kappa shape index (κ3) is 2.18. The van der Waals surface area contributed by atoms with Crippen LogP contribution in [0.3, 0.4) is 0 Å². The van der Waals surface area contributed by atoms with Crippen LogP contribution in [0.5, 0.6) is 5.75 Å². The molecular formula is C11H18N4O. The molecule has 1 aliphatic carbocycles. The zero-order valence-corrected chi connectivity index (χ0v) is 9.73. The fourth-order valence-electron chi connectivity index (χ4n) is 1.98. The van der Waals surface area contributed by atoms with Crippen LogP contribution in [0.4, 0.5) is 11.6 Å². The second kappa shape index (κ2) is 4.55. The van der Waals surface area contributed by atoms with E-state index < -0.39 is 0 Å². The molecule has 0 amide bonds. The van der Waals surface area contributed by atoms with Crippen molar-refractivity contribution in [2.45, 2.75) is 32.2 Å². The van der Waals surface area contributed by atoms with Gasteiger partial charge in [-0.2, -0.15) is 0 Å². The molecular weight excluding hydrogens is 204 g/mol. The Balaban J connectivity index is 2.02. The first kappa shape index (κ1) is 11.0. The number of aromatic nitrogens is 2. The van der Waals surface area contributed by atoms with Crippen LogP contribution in [0.15, 0.2) is 6.33 Å². The van der Waals surface area contributed by atoms with Crippen LogP contribution in [-0.4, -0.2) is 23.1 Å². The van der Waals surface area contributed by atoms with E-state index in [0.717, 1.165) is 5.92 Å². The maximum atomic E-state index is 5.71. The standard InChI is InChI=1S/C11H18N4O/c1-3-4-7-5-8(7)15-11-9(16-2)10(12)13-6-14-11/h6-8H,3-5H2,1-2H3,(H3,12,13,14,15). The van der Waals surface area contributed by atoms with E-state index in [1.54, 1.807) is 7.11 Å². The summed E-state index contributed by atoms with van der Waals surface area (Å²) in [4.78, 5) is 8.05. The van der Waals surface area contributed by atoms with E-state index in [4.69, 9.17) is 10.5 Å². The highest BCUT2D eigenvalue weighted by molar-refractivity contribution is 5.62. The van der Waals surface area contributed by atoms with E-state index in [0.29, 0.717) is 23.4 Å². The Morgan fingerprint density at radius 3 is 3.06 bits per heavy atom. The molecule has 2 atom stereocenters. The number of methoxy groups -OCH3 is 1. The summed E-state index contributed by atoms with van der Waals surface area (Å²) >= 11 is 0. The van der Waals surface area contributed by atoms with Gasteiger partial charge in [-0.1, -0.05) is 13.3 Å². The average molecular weight is 222 g/mol. The number of hydrogen-bond acceptors (Lipinski definition) is 5. The number of nitrogens with one attached hydrogen (secondary N) is 1. The number of nitrogens with zero attached hydrogens (tertiary/aromatic N) is 2. The average Bonchev–Trinajstić information content (AvgIpc) is 2.97. The van der Waals surface area contributed by atoms with Crippen molar-refractivity contribution in [2.24, 2.45) is 5.92 Å². The monoisotopic (exact) mass is 222 g/mol.